The summed E-state index contributed by atoms with van der Waals surface area (Å²) in [6.45, 7) is 2.00. The van der Waals surface area contributed by atoms with Gasteiger partial charge in [-0.3, -0.25) is 9.59 Å². The molecule has 2 aromatic carbocycles. The first-order valence-corrected chi connectivity index (χ1v) is 9.03. The zero-order valence-electron chi connectivity index (χ0n) is 14.2. The van der Waals surface area contributed by atoms with Crippen molar-refractivity contribution in [2.75, 3.05) is 16.4 Å². The highest BCUT2D eigenvalue weighted by Gasteiger charge is 2.09. The van der Waals surface area contributed by atoms with Crippen molar-refractivity contribution in [1.82, 2.24) is 0 Å². The van der Waals surface area contributed by atoms with Gasteiger partial charge in [-0.15, -0.1) is 11.8 Å². The largest absolute Gasteiger partial charge is 0.459 e. The predicted octanol–water partition coefficient (Wildman–Crippen LogP) is 4.57. The second-order valence-corrected chi connectivity index (χ2v) is 6.71. The van der Waals surface area contributed by atoms with E-state index in [0.29, 0.717) is 5.69 Å². The lowest BCUT2D eigenvalue weighted by Crippen LogP contribution is -2.14. The molecule has 0 bridgehead atoms. The van der Waals surface area contributed by atoms with Gasteiger partial charge in [-0.25, -0.2) is 0 Å². The van der Waals surface area contributed by atoms with Crippen LogP contribution in [0.5, 0.6) is 0 Å². The Hall–Kier alpha value is -2.99. The van der Waals surface area contributed by atoms with E-state index in [9.17, 15) is 9.59 Å². The lowest BCUT2D eigenvalue weighted by atomic mass is 10.2. The number of furan rings is 1. The molecule has 2 N–H and O–H groups in total. The molecular formula is C20H18N2O3S. The van der Waals surface area contributed by atoms with Crippen molar-refractivity contribution in [2.24, 2.45) is 0 Å². The third-order valence-electron chi connectivity index (χ3n) is 3.54. The summed E-state index contributed by atoms with van der Waals surface area (Å²) in [6, 6.07) is 18.3. The Bertz CT molecular complexity index is 890. The molecule has 0 unspecified atom stereocenters. The molecule has 3 rings (SSSR count). The second-order valence-electron chi connectivity index (χ2n) is 5.66. The molecule has 3 aromatic rings. The molecule has 0 radical (unpaired) electrons. The number of amides is 2. The van der Waals surface area contributed by atoms with Crippen LogP contribution < -0.4 is 10.6 Å². The van der Waals surface area contributed by atoms with Crippen molar-refractivity contribution < 1.29 is 14.0 Å². The van der Waals surface area contributed by atoms with Crippen LogP contribution >= 0.6 is 11.8 Å². The number of rotatable bonds is 6. The Morgan fingerprint density at radius 3 is 2.50 bits per heavy atom. The summed E-state index contributed by atoms with van der Waals surface area (Å²) in [6.07, 6.45) is 1.45. The van der Waals surface area contributed by atoms with Crippen molar-refractivity contribution in [1.29, 1.82) is 0 Å². The van der Waals surface area contributed by atoms with Crippen LogP contribution in [-0.4, -0.2) is 17.6 Å². The number of carbonyl (C=O) groups excluding carboxylic acids is 2. The number of carbonyl (C=O) groups is 2. The summed E-state index contributed by atoms with van der Waals surface area (Å²) in [4.78, 5) is 25.0. The van der Waals surface area contributed by atoms with Crippen LogP contribution in [-0.2, 0) is 4.79 Å². The molecule has 0 aliphatic heterocycles. The number of benzene rings is 2. The SMILES string of the molecule is Cc1ccc(NC(=O)CSc2cccc(NC(=O)c3ccco3)c2)cc1. The van der Waals surface area contributed by atoms with Crippen molar-refractivity contribution >= 4 is 35.0 Å². The number of nitrogens with one attached hydrogen (secondary N) is 2. The van der Waals surface area contributed by atoms with Crippen LogP contribution in [0.25, 0.3) is 0 Å². The van der Waals surface area contributed by atoms with Crippen LogP contribution in [0.15, 0.2) is 76.2 Å². The molecule has 1 aromatic heterocycles. The van der Waals surface area contributed by atoms with Gasteiger partial charge in [-0.2, -0.15) is 0 Å². The van der Waals surface area contributed by atoms with Gasteiger partial charge in [0, 0.05) is 16.3 Å². The summed E-state index contributed by atoms with van der Waals surface area (Å²) in [5, 5.41) is 5.63. The molecule has 1 heterocycles. The molecule has 0 fully saturated rings. The highest BCUT2D eigenvalue weighted by molar-refractivity contribution is 8.00. The predicted molar refractivity (Wildman–Crippen MR) is 104 cm³/mol. The molecule has 5 nitrogen and oxygen atoms in total. The molecule has 26 heavy (non-hydrogen) atoms. The second kappa shape index (κ2) is 8.40. The summed E-state index contributed by atoms with van der Waals surface area (Å²) in [5.41, 5.74) is 2.57. The minimum atomic E-state index is -0.311. The van der Waals surface area contributed by atoms with Gasteiger partial charge < -0.3 is 15.1 Å². The lowest BCUT2D eigenvalue weighted by molar-refractivity contribution is -0.113. The maximum absolute atomic E-state index is 12.1. The van der Waals surface area contributed by atoms with Crippen molar-refractivity contribution in [3.8, 4) is 0 Å². The quantitative estimate of drug-likeness (QED) is 0.627. The van der Waals surface area contributed by atoms with E-state index in [1.807, 2.05) is 49.4 Å². The van der Waals surface area contributed by atoms with Gasteiger partial charge in [0.2, 0.25) is 5.91 Å². The van der Waals surface area contributed by atoms with Gasteiger partial charge in [0.25, 0.3) is 5.91 Å². The summed E-state index contributed by atoms with van der Waals surface area (Å²) in [7, 11) is 0. The maximum atomic E-state index is 12.1. The van der Waals surface area contributed by atoms with Crippen LogP contribution in [0.2, 0.25) is 0 Å². The van der Waals surface area contributed by atoms with Gasteiger partial charge in [0.1, 0.15) is 0 Å². The van der Waals surface area contributed by atoms with Crippen LogP contribution in [0.4, 0.5) is 11.4 Å². The number of hydrogen-bond donors (Lipinski definition) is 2. The zero-order chi connectivity index (χ0) is 18.4. The van der Waals surface area contributed by atoms with Crippen LogP contribution in [0.3, 0.4) is 0 Å². The van der Waals surface area contributed by atoms with Gasteiger partial charge in [0.15, 0.2) is 5.76 Å². The fourth-order valence-corrected chi connectivity index (χ4v) is 3.00. The smallest absolute Gasteiger partial charge is 0.291 e. The van der Waals surface area contributed by atoms with Gasteiger partial charge in [0.05, 0.1) is 12.0 Å². The minimum Gasteiger partial charge on any atom is -0.459 e. The van der Waals surface area contributed by atoms with E-state index >= 15 is 0 Å². The van der Waals surface area contributed by atoms with Crippen molar-refractivity contribution in [3.05, 3.63) is 78.3 Å². The van der Waals surface area contributed by atoms with Gasteiger partial charge in [-0.05, 0) is 49.4 Å². The van der Waals surface area contributed by atoms with E-state index < -0.39 is 0 Å². The van der Waals surface area contributed by atoms with Crippen molar-refractivity contribution in [2.45, 2.75) is 11.8 Å². The number of thioether (sulfide) groups is 1. The first-order valence-electron chi connectivity index (χ1n) is 8.04. The third kappa shape index (κ3) is 5.00. The molecule has 0 spiro atoms. The lowest BCUT2D eigenvalue weighted by Gasteiger charge is -2.07. The molecule has 0 saturated heterocycles. The Morgan fingerprint density at radius 1 is 0.962 bits per heavy atom. The van der Waals surface area contributed by atoms with E-state index in [0.717, 1.165) is 16.1 Å². The average Bonchev–Trinajstić information content (AvgIpc) is 3.17. The van der Waals surface area contributed by atoms with Crippen LogP contribution in [0, 0.1) is 6.92 Å². The fraction of sp³-hybridized carbons (Fsp3) is 0.100. The van der Waals surface area contributed by atoms with E-state index in [2.05, 4.69) is 10.6 Å². The van der Waals surface area contributed by atoms with E-state index in [4.69, 9.17) is 4.42 Å². The first kappa shape index (κ1) is 17.8. The summed E-state index contributed by atoms with van der Waals surface area (Å²) in [5.74, 6) is 0.141. The molecule has 0 aliphatic carbocycles. The average molecular weight is 366 g/mol. The Balaban J connectivity index is 1.54. The number of hydrogen-bond acceptors (Lipinski definition) is 4. The highest BCUT2D eigenvalue weighted by Crippen LogP contribution is 2.22. The first-order chi connectivity index (χ1) is 12.6. The Morgan fingerprint density at radius 2 is 1.77 bits per heavy atom. The Labute approximate surface area is 155 Å². The molecule has 0 saturated carbocycles. The summed E-state index contributed by atoms with van der Waals surface area (Å²) < 4.78 is 5.07. The third-order valence-corrected chi connectivity index (χ3v) is 4.54. The molecule has 0 aliphatic rings. The van der Waals surface area contributed by atoms with Crippen molar-refractivity contribution in [3.63, 3.8) is 0 Å². The molecule has 0 atom stereocenters. The summed E-state index contributed by atoms with van der Waals surface area (Å²) >= 11 is 1.40. The Kier molecular flexibility index (Phi) is 5.76. The van der Waals surface area contributed by atoms with Gasteiger partial charge in [-0.1, -0.05) is 23.8 Å². The molecule has 2 amide bonds. The van der Waals surface area contributed by atoms with E-state index in [-0.39, 0.29) is 23.3 Å². The molecule has 132 valence electrons. The number of aryl methyl sites for hydroxylation is 1. The monoisotopic (exact) mass is 366 g/mol. The van der Waals surface area contributed by atoms with E-state index in [1.165, 1.54) is 18.0 Å². The topological polar surface area (TPSA) is 71.3 Å². The normalized spacial score (nSPS) is 10.3. The standard InChI is InChI=1S/C20H18N2O3S/c1-14-7-9-15(10-8-14)21-19(23)13-26-17-5-2-4-16(12-17)22-20(24)18-6-3-11-25-18/h2-12H,13H2,1H3,(H,21,23)(H,22,24). The van der Waals surface area contributed by atoms with Gasteiger partial charge >= 0.3 is 0 Å². The molecule has 6 heteroatoms. The number of anilines is 2. The zero-order valence-corrected chi connectivity index (χ0v) is 15.0. The fourth-order valence-electron chi connectivity index (χ4n) is 2.25. The highest BCUT2D eigenvalue weighted by atomic mass is 32.2. The van der Waals surface area contributed by atoms with E-state index in [1.54, 1.807) is 18.2 Å². The maximum Gasteiger partial charge on any atom is 0.291 e. The molecular weight excluding hydrogens is 348 g/mol. The minimum absolute atomic E-state index is 0.0797. The van der Waals surface area contributed by atoms with Crippen LogP contribution in [0.1, 0.15) is 16.1 Å².